The van der Waals surface area contributed by atoms with Gasteiger partial charge in [0.15, 0.2) is 0 Å². The van der Waals surface area contributed by atoms with E-state index in [0.717, 1.165) is 38.4 Å². The highest BCUT2D eigenvalue weighted by molar-refractivity contribution is 7.89. The molecule has 0 heterocycles. The first kappa shape index (κ1) is 28.3. The monoisotopic (exact) mass is 473 g/mol. The van der Waals surface area contributed by atoms with Gasteiger partial charge in [0.05, 0.1) is 24.6 Å². The Kier molecular flexibility index (Phi) is 12.2. The number of aliphatic hydroxyl groups is 2. The molecule has 1 saturated carbocycles. The van der Waals surface area contributed by atoms with E-state index in [9.17, 15) is 28.2 Å². The zero-order valence-corrected chi connectivity index (χ0v) is 20.3. The Bertz CT molecular complexity index is 758. The quantitative estimate of drug-likeness (QED) is 0.261. The molecule has 1 fully saturated rings. The molecule has 32 heavy (non-hydrogen) atoms. The molecule has 1 rings (SSSR count). The van der Waals surface area contributed by atoms with Crippen LogP contribution in [0.25, 0.3) is 0 Å². The average Bonchev–Trinajstić information content (AvgIpc) is 2.93. The number of hydrogen-bond donors (Lipinski definition) is 3. The fourth-order valence-corrected chi connectivity index (χ4v) is 4.09. The Labute approximate surface area is 192 Å². The van der Waals surface area contributed by atoms with E-state index in [2.05, 4.69) is 6.92 Å². The Morgan fingerprint density at radius 2 is 1.97 bits per heavy atom. The Balaban J connectivity index is 2.40. The van der Waals surface area contributed by atoms with Crippen LogP contribution in [0.3, 0.4) is 0 Å². The molecule has 0 aromatic heterocycles. The minimum absolute atomic E-state index is 0.0349. The number of sulfonamides is 1. The lowest BCUT2D eigenvalue weighted by atomic mass is 9.88. The molecule has 0 aromatic carbocycles. The van der Waals surface area contributed by atoms with E-state index >= 15 is 0 Å². The highest BCUT2D eigenvalue weighted by atomic mass is 32.2. The van der Waals surface area contributed by atoms with Gasteiger partial charge in [-0.3, -0.25) is 4.79 Å². The summed E-state index contributed by atoms with van der Waals surface area (Å²) in [6.45, 7) is 3.98. The molecule has 1 aliphatic rings. The second-order valence-electron chi connectivity index (χ2n) is 8.81. The molecule has 0 aromatic rings. The zero-order chi connectivity index (χ0) is 24.2. The maximum atomic E-state index is 12.3. The van der Waals surface area contributed by atoms with Crippen molar-refractivity contribution in [2.45, 2.75) is 83.3 Å². The topological polar surface area (TPSA) is 130 Å². The predicted molar refractivity (Wildman–Crippen MR) is 123 cm³/mol. The average molecular weight is 474 g/mol. The predicted octanol–water partition coefficient (Wildman–Crippen LogP) is 3.24. The highest BCUT2D eigenvalue weighted by Crippen LogP contribution is 2.34. The van der Waals surface area contributed by atoms with E-state index in [1.54, 1.807) is 23.8 Å². The Hall–Kier alpha value is -1.71. The van der Waals surface area contributed by atoms with Crippen LogP contribution >= 0.6 is 0 Å². The summed E-state index contributed by atoms with van der Waals surface area (Å²) >= 11 is 0. The number of amides is 1. The van der Waals surface area contributed by atoms with Crippen LogP contribution in [-0.4, -0.2) is 55.1 Å². The third-order valence-corrected chi connectivity index (χ3v) is 6.06. The lowest BCUT2D eigenvalue weighted by Gasteiger charge is -2.21. The number of allylic oxidation sites excluding steroid dienone is 2. The standard InChI is InChI=1S/C23H39NO7S/c1-4-5-10-14-23(2,28)15-13-19-18(20(25)17-21(19)26)12-9-7-6-8-11-16-31-22(27)24-32(3,29)30/h7,9,13,15,18-19,21,26,28H,4-6,8,10-12,14,16-17H2,1-3H3,(H,24,27)/b9-7-,15-13+/t18-,19-,21-,23+/m1/s1. The number of nitrogens with one attached hydrogen (secondary N) is 1. The number of Topliss-reactive ketones (excluding diaryl/α,β-unsaturated/α-hetero) is 1. The molecular formula is C23H39NO7S. The van der Waals surface area contributed by atoms with Crippen molar-refractivity contribution in [2.24, 2.45) is 11.8 Å². The molecule has 0 bridgehead atoms. The van der Waals surface area contributed by atoms with Crippen molar-refractivity contribution in [2.75, 3.05) is 12.9 Å². The van der Waals surface area contributed by atoms with Crippen LogP contribution in [-0.2, 0) is 19.6 Å². The molecule has 3 N–H and O–H groups in total. The van der Waals surface area contributed by atoms with Gasteiger partial charge in [-0.05, 0) is 39.0 Å². The van der Waals surface area contributed by atoms with Crippen LogP contribution in [0.15, 0.2) is 24.3 Å². The maximum Gasteiger partial charge on any atom is 0.420 e. The van der Waals surface area contributed by atoms with Crippen LogP contribution in [0.5, 0.6) is 0 Å². The third-order valence-electron chi connectivity index (χ3n) is 5.52. The first-order valence-corrected chi connectivity index (χ1v) is 13.3. The van der Waals surface area contributed by atoms with Crippen LogP contribution < -0.4 is 4.72 Å². The highest BCUT2D eigenvalue weighted by Gasteiger charge is 2.39. The summed E-state index contributed by atoms with van der Waals surface area (Å²) in [5, 5.41) is 20.8. The minimum atomic E-state index is -3.62. The van der Waals surface area contributed by atoms with Crippen LogP contribution in [0.4, 0.5) is 4.79 Å². The van der Waals surface area contributed by atoms with Crippen molar-refractivity contribution < 1.29 is 33.0 Å². The van der Waals surface area contributed by atoms with Gasteiger partial charge < -0.3 is 14.9 Å². The van der Waals surface area contributed by atoms with E-state index < -0.39 is 27.8 Å². The van der Waals surface area contributed by atoms with E-state index in [0.29, 0.717) is 19.3 Å². The molecule has 4 atom stereocenters. The molecule has 0 aliphatic heterocycles. The lowest BCUT2D eigenvalue weighted by Crippen LogP contribution is -2.30. The van der Waals surface area contributed by atoms with Crippen LogP contribution in [0, 0.1) is 11.8 Å². The van der Waals surface area contributed by atoms with Crippen LogP contribution in [0.1, 0.15) is 71.6 Å². The number of carbonyl (C=O) groups excluding carboxylic acids is 2. The fourth-order valence-electron chi connectivity index (χ4n) is 3.73. The lowest BCUT2D eigenvalue weighted by molar-refractivity contribution is -0.121. The summed E-state index contributed by atoms with van der Waals surface area (Å²) in [6, 6.07) is 0. The van der Waals surface area contributed by atoms with E-state index in [1.807, 2.05) is 12.2 Å². The van der Waals surface area contributed by atoms with E-state index in [-0.39, 0.29) is 30.6 Å². The molecule has 0 unspecified atom stereocenters. The molecule has 1 amide bonds. The molecule has 0 radical (unpaired) electrons. The van der Waals surface area contributed by atoms with E-state index in [1.165, 1.54) is 0 Å². The number of carbonyl (C=O) groups is 2. The van der Waals surface area contributed by atoms with Crippen molar-refractivity contribution >= 4 is 21.9 Å². The number of rotatable bonds is 14. The summed E-state index contributed by atoms with van der Waals surface area (Å²) in [6.07, 6.45) is 13.0. The first-order valence-electron chi connectivity index (χ1n) is 11.4. The SMILES string of the molecule is CCCCC[C@](C)(O)/C=C/[C@H]1[C@H](O)CC(=O)[C@@H]1C/C=C\CCCCOC(=O)NS(C)(=O)=O. The van der Waals surface area contributed by atoms with Crippen molar-refractivity contribution in [3.05, 3.63) is 24.3 Å². The van der Waals surface area contributed by atoms with Gasteiger partial charge in [-0.2, -0.15) is 0 Å². The normalized spacial score (nSPS) is 23.7. The van der Waals surface area contributed by atoms with Crippen LogP contribution in [0.2, 0.25) is 0 Å². The summed E-state index contributed by atoms with van der Waals surface area (Å²) in [4.78, 5) is 23.5. The second-order valence-corrected chi connectivity index (χ2v) is 10.6. The number of aliphatic hydroxyl groups excluding tert-OH is 1. The van der Waals surface area contributed by atoms with Crippen molar-refractivity contribution in [3.63, 3.8) is 0 Å². The van der Waals surface area contributed by atoms with Crippen molar-refractivity contribution in [3.8, 4) is 0 Å². The van der Waals surface area contributed by atoms with Gasteiger partial charge in [0, 0.05) is 18.3 Å². The van der Waals surface area contributed by atoms with Gasteiger partial charge in [-0.1, -0.05) is 50.5 Å². The molecule has 0 saturated heterocycles. The molecular weight excluding hydrogens is 434 g/mol. The summed E-state index contributed by atoms with van der Waals surface area (Å²) in [7, 11) is -3.62. The maximum absolute atomic E-state index is 12.3. The smallest absolute Gasteiger partial charge is 0.420 e. The minimum Gasteiger partial charge on any atom is -0.449 e. The summed E-state index contributed by atoms with van der Waals surface area (Å²) in [5.41, 5.74) is -0.943. The fraction of sp³-hybridized carbons (Fsp3) is 0.739. The number of ketones is 1. The van der Waals surface area contributed by atoms with Gasteiger partial charge in [0.25, 0.3) is 0 Å². The largest absolute Gasteiger partial charge is 0.449 e. The van der Waals surface area contributed by atoms with Gasteiger partial charge in [0.2, 0.25) is 10.0 Å². The summed E-state index contributed by atoms with van der Waals surface area (Å²) in [5.74, 6) is -0.564. The van der Waals surface area contributed by atoms with Gasteiger partial charge in [-0.25, -0.2) is 17.9 Å². The number of ether oxygens (including phenoxy) is 1. The summed E-state index contributed by atoms with van der Waals surface area (Å²) < 4.78 is 28.3. The first-order chi connectivity index (χ1) is 14.9. The second kappa shape index (κ2) is 13.7. The van der Waals surface area contributed by atoms with E-state index in [4.69, 9.17) is 4.74 Å². The molecule has 0 spiro atoms. The van der Waals surface area contributed by atoms with Crippen molar-refractivity contribution in [1.82, 2.24) is 4.72 Å². The Morgan fingerprint density at radius 3 is 2.62 bits per heavy atom. The molecule has 184 valence electrons. The number of unbranched alkanes of at least 4 members (excludes halogenated alkanes) is 4. The zero-order valence-electron chi connectivity index (χ0n) is 19.5. The van der Waals surface area contributed by atoms with Gasteiger partial charge >= 0.3 is 6.09 Å². The molecule has 1 aliphatic carbocycles. The molecule has 8 nitrogen and oxygen atoms in total. The third kappa shape index (κ3) is 11.8. The molecule has 9 heteroatoms. The van der Waals surface area contributed by atoms with Gasteiger partial charge in [0.1, 0.15) is 5.78 Å². The number of hydrogen-bond acceptors (Lipinski definition) is 7. The van der Waals surface area contributed by atoms with Gasteiger partial charge in [-0.15, -0.1) is 0 Å². The van der Waals surface area contributed by atoms with Crippen molar-refractivity contribution in [1.29, 1.82) is 0 Å². The Morgan fingerprint density at radius 1 is 1.25 bits per heavy atom.